The molecule has 98 valence electrons. The van der Waals surface area contributed by atoms with Gasteiger partial charge in [0, 0.05) is 6.20 Å². The Balaban J connectivity index is 2.21. The fraction of sp³-hybridized carbons (Fsp3) is 0.571. The van der Waals surface area contributed by atoms with Gasteiger partial charge in [0.1, 0.15) is 5.82 Å². The molecule has 1 atom stereocenters. The second-order valence-electron chi connectivity index (χ2n) is 4.86. The Bertz CT molecular complexity index is 414. The summed E-state index contributed by atoms with van der Waals surface area (Å²) in [6, 6.07) is 1.97. The second kappa shape index (κ2) is 6.61. The largest absolute Gasteiger partial charge is 0.271 e. The maximum absolute atomic E-state index is 5.72. The van der Waals surface area contributed by atoms with Crippen LogP contribution in [0.3, 0.4) is 0 Å². The highest BCUT2D eigenvalue weighted by Gasteiger charge is 2.17. The first kappa shape index (κ1) is 13.2. The number of hydrazine groups is 1. The monoisotopic (exact) mass is 246 g/mol. The minimum absolute atomic E-state index is 0.0322. The molecule has 1 aromatic heterocycles. The van der Waals surface area contributed by atoms with Gasteiger partial charge >= 0.3 is 0 Å². The molecule has 0 aromatic carbocycles. The number of hydrogen-bond acceptors (Lipinski definition) is 4. The zero-order chi connectivity index (χ0) is 12.8. The Morgan fingerprint density at radius 2 is 2.11 bits per heavy atom. The summed E-state index contributed by atoms with van der Waals surface area (Å²) in [7, 11) is 0. The lowest BCUT2D eigenvalue weighted by molar-refractivity contribution is 0.545. The van der Waals surface area contributed by atoms with E-state index in [4.69, 9.17) is 5.84 Å². The summed E-state index contributed by atoms with van der Waals surface area (Å²) in [6.45, 7) is 1.91. The van der Waals surface area contributed by atoms with Crippen molar-refractivity contribution in [3.05, 3.63) is 35.4 Å². The van der Waals surface area contributed by atoms with Gasteiger partial charge in [-0.25, -0.2) is 15.4 Å². The van der Waals surface area contributed by atoms with Gasteiger partial charge in [-0.1, -0.05) is 24.5 Å². The quantitative estimate of drug-likeness (QED) is 0.489. The molecule has 1 aliphatic rings. The first-order chi connectivity index (χ1) is 8.81. The molecule has 1 aliphatic carbocycles. The SMILES string of the molecule is Cc1nccc(C(NN)/C2=C/CCCCCC2)n1. The highest BCUT2D eigenvalue weighted by molar-refractivity contribution is 5.22. The van der Waals surface area contributed by atoms with Crippen molar-refractivity contribution in [2.45, 2.75) is 51.5 Å². The average molecular weight is 246 g/mol. The molecule has 4 nitrogen and oxygen atoms in total. The third kappa shape index (κ3) is 3.37. The van der Waals surface area contributed by atoms with Crippen LogP contribution in [0.5, 0.6) is 0 Å². The molecule has 0 aliphatic heterocycles. The van der Waals surface area contributed by atoms with Crippen LogP contribution in [0.4, 0.5) is 0 Å². The fourth-order valence-corrected chi connectivity index (χ4v) is 2.50. The standard InChI is InChI=1S/C14H22N4/c1-11-16-10-9-13(17-11)14(18-15)12-7-5-3-2-4-6-8-12/h7,9-10,14,18H,2-6,8,15H2,1H3/b12-7+. The Kier molecular flexibility index (Phi) is 4.84. The van der Waals surface area contributed by atoms with Gasteiger partial charge in [0.15, 0.2) is 0 Å². The molecule has 0 saturated carbocycles. The lowest BCUT2D eigenvalue weighted by atomic mass is 9.93. The number of nitrogens with zero attached hydrogens (tertiary/aromatic N) is 2. The van der Waals surface area contributed by atoms with Crippen LogP contribution in [-0.2, 0) is 0 Å². The van der Waals surface area contributed by atoms with E-state index in [2.05, 4.69) is 21.5 Å². The minimum Gasteiger partial charge on any atom is -0.271 e. The van der Waals surface area contributed by atoms with E-state index >= 15 is 0 Å². The third-order valence-corrected chi connectivity index (χ3v) is 3.46. The van der Waals surface area contributed by atoms with Crippen molar-refractivity contribution in [3.63, 3.8) is 0 Å². The summed E-state index contributed by atoms with van der Waals surface area (Å²) in [5.41, 5.74) is 5.24. The zero-order valence-electron chi connectivity index (χ0n) is 11.0. The predicted molar refractivity (Wildman–Crippen MR) is 72.6 cm³/mol. The summed E-state index contributed by atoms with van der Waals surface area (Å²) in [5.74, 6) is 6.52. The van der Waals surface area contributed by atoms with Crippen LogP contribution in [0.2, 0.25) is 0 Å². The summed E-state index contributed by atoms with van der Waals surface area (Å²) < 4.78 is 0. The van der Waals surface area contributed by atoms with Crippen LogP contribution in [0.1, 0.15) is 56.1 Å². The Morgan fingerprint density at radius 3 is 2.89 bits per heavy atom. The summed E-state index contributed by atoms with van der Waals surface area (Å²) in [4.78, 5) is 8.62. The van der Waals surface area contributed by atoms with Crippen LogP contribution >= 0.6 is 0 Å². The lowest BCUT2D eigenvalue weighted by Crippen LogP contribution is -2.30. The smallest absolute Gasteiger partial charge is 0.125 e. The molecule has 18 heavy (non-hydrogen) atoms. The molecule has 2 rings (SSSR count). The van der Waals surface area contributed by atoms with Gasteiger partial charge in [0.25, 0.3) is 0 Å². The van der Waals surface area contributed by atoms with E-state index in [1.165, 1.54) is 31.3 Å². The zero-order valence-corrected chi connectivity index (χ0v) is 11.0. The second-order valence-corrected chi connectivity index (χ2v) is 4.86. The molecule has 1 heterocycles. The highest BCUT2D eigenvalue weighted by atomic mass is 15.2. The van der Waals surface area contributed by atoms with E-state index in [-0.39, 0.29) is 6.04 Å². The number of hydrogen-bond donors (Lipinski definition) is 2. The molecule has 3 N–H and O–H groups in total. The topological polar surface area (TPSA) is 63.8 Å². The van der Waals surface area contributed by atoms with Crippen molar-refractivity contribution in [2.75, 3.05) is 0 Å². The molecule has 4 heteroatoms. The molecule has 0 fully saturated rings. The Morgan fingerprint density at radius 1 is 1.28 bits per heavy atom. The maximum atomic E-state index is 5.72. The molecule has 0 amide bonds. The van der Waals surface area contributed by atoms with E-state index in [0.717, 1.165) is 24.4 Å². The van der Waals surface area contributed by atoms with E-state index in [1.54, 1.807) is 6.20 Å². The number of aryl methyl sites for hydroxylation is 1. The summed E-state index contributed by atoms with van der Waals surface area (Å²) in [5, 5.41) is 0. The van der Waals surface area contributed by atoms with Gasteiger partial charge in [-0.05, 0) is 38.7 Å². The van der Waals surface area contributed by atoms with Crippen molar-refractivity contribution < 1.29 is 0 Å². The number of allylic oxidation sites excluding steroid dienone is 1. The first-order valence-electron chi connectivity index (χ1n) is 6.76. The molecule has 0 bridgehead atoms. The van der Waals surface area contributed by atoms with Crippen LogP contribution < -0.4 is 11.3 Å². The summed E-state index contributed by atoms with van der Waals surface area (Å²) >= 11 is 0. The number of rotatable bonds is 3. The Labute approximate surface area is 109 Å². The van der Waals surface area contributed by atoms with Gasteiger partial charge in [-0.2, -0.15) is 0 Å². The van der Waals surface area contributed by atoms with Crippen LogP contribution in [0.25, 0.3) is 0 Å². The molecule has 0 saturated heterocycles. The normalized spacial score (nSPS) is 21.6. The van der Waals surface area contributed by atoms with Gasteiger partial charge in [0.05, 0.1) is 11.7 Å². The number of nitrogens with one attached hydrogen (secondary N) is 1. The number of nitrogens with two attached hydrogens (primary N) is 1. The lowest BCUT2D eigenvalue weighted by Gasteiger charge is -2.21. The first-order valence-corrected chi connectivity index (χ1v) is 6.76. The third-order valence-electron chi connectivity index (χ3n) is 3.46. The van der Waals surface area contributed by atoms with Gasteiger partial charge in [0.2, 0.25) is 0 Å². The molecule has 1 unspecified atom stereocenters. The molecular weight excluding hydrogens is 224 g/mol. The summed E-state index contributed by atoms with van der Waals surface area (Å²) in [6.07, 6.45) is 11.6. The number of aromatic nitrogens is 2. The molecule has 0 spiro atoms. The van der Waals surface area contributed by atoms with Crippen molar-refractivity contribution >= 4 is 0 Å². The van der Waals surface area contributed by atoms with Gasteiger partial charge in [-0.3, -0.25) is 5.84 Å². The molecule has 1 aromatic rings. The molecule has 0 radical (unpaired) electrons. The average Bonchev–Trinajstić information content (AvgIpc) is 2.32. The maximum Gasteiger partial charge on any atom is 0.125 e. The van der Waals surface area contributed by atoms with Crippen LogP contribution in [-0.4, -0.2) is 9.97 Å². The minimum atomic E-state index is 0.0322. The van der Waals surface area contributed by atoms with Crippen LogP contribution in [0, 0.1) is 6.92 Å². The predicted octanol–water partition coefficient (Wildman–Crippen LogP) is 2.57. The van der Waals surface area contributed by atoms with Gasteiger partial charge in [-0.15, -0.1) is 0 Å². The van der Waals surface area contributed by atoms with Crippen LogP contribution in [0.15, 0.2) is 23.9 Å². The van der Waals surface area contributed by atoms with E-state index < -0.39 is 0 Å². The van der Waals surface area contributed by atoms with E-state index in [9.17, 15) is 0 Å². The fourth-order valence-electron chi connectivity index (χ4n) is 2.50. The molecular formula is C14H22N4. The van der Waals surface area contributed by atoms with E-state index in [1.807, 2.05) is 13.0 Å². The Hall–Kier alpha value is -1.26. The highest BCUT2D eigenvalue weighted by Crippen LogP contribution is 2.27. The van der Waals surface area contributed by atoms with Gasteiger partial charge < -0.3 is 0 Å². The van der Waals surface area contributed by atoms with Crippen molar-refractivity contribution in [1.82, 2.24) is 15.4 Å². The van der Waals surface area contributed by atoms with Crippen molar-refractivity contribution in [3.8, 4) is 0 Å². The van der Waals surface area contributed by atoms with Crippen molar-refractivity contribution in [2.24, 2.45) is 5.84 Å². The van der Waals surface area contributed by atoms with E-state index in [0.29, 0.717) is 0 Å². The van der Waals surface area contributed by atoms with Crippen molar-refractivity contribution in [1.29, 1.82) is 0 Å².